The molecule has 1 rings (SSSR count). The maximum Gasteiger partial charge on any atom is -0.0307 e. The average molecular weight is 110 g/mol. The molecule has 0 saturated heterocycles. The smallest absolute Gasteiger partial charge is 0.0307 e. The maximum atomic E-state index is 2.16. The molecule has 0 unspecified atom stereocenters. The molecule has 0 aromatic heterocycles. The van der Waals surface area contributed by atoms with E-state index in [1.54, 1.807) is 0 Å². The quantitative estimate of drug-likeness (QED) is 0.487. The van der Waals surface area contributed by atoms with Gasteiger partial charge in [0.1, 0.15) is 0 Å². The van der Waals surface area contributed by atoms with Crippen LogP contribution in [-0.4, -0.2) is 0 Å². The van der Waals surface area contributed by atoms with E-state index < -0.39 is 0 Å². The zero-order valence-electron chi connectivity index (χ0n) is 5.94. The molecule has 0 radical (unpaired) electrons. The van der Waals surface area contributed by atoms with Crippen molar-refractivity contribution >= 4 is 0 Å². The summed E-state index contributed by atoms with van der Waals surface area (Å²) < 4.78 is 0. The summed E-state index contributed by atoms with van der Waals surface area (Å²) in [7, 11) is 0. The number of hydrogen-bond acceptors (Lipinski definition) is 0. The SMILES string of the molecule is CC.CCC1=CC=C1. The van der Waals surface area contributed by atoms with E-state index >= 15 is 0 Å². The van der Waals surface area contributed by atoms with Crippen LogP contribution in [-0.2, 0) is 0 Å². The fourth-order valence-corrected chi connectivity index (χ4v) is 0.468. The van der Waals surface area contributed by atoms with Crippen LogP contribution in [0.5, 0.6) is 0 Å². The zero-order valence-corrected chi connectivity index (χ0v) is 5.94. The minimum atomic E-state index is 1.19. The molecule has 0 heteroatoms. The number of hydrogen-bond donors (Lipinski definition) is 0. The lowest BCUT2D eigenvalue weighted by molar-refractivity contribution is 1.13. The molecule has 0 atom stereocenters. The van der Waals surface area contributed by atoms with E-state index in [0.29, 0.717) is 0 Å². The molecule has 0 amide bonds. The molecule has 0 bridgehead atoms. The van der Waals surface area contributed by atoms with Crippen molar-refractivity contribution in [1.82, 2.24) is 0 Å². The van der Waals surface area contributed by atoms with E-state index in [1.807, 2.05) is 13.8 Å². The maximum absolute atomic E-state index is 2.16. The first kappa shape index (κ1) is 7.48. The highest BCUT2D eigenvalue weighted by atomic mass is 14.0. The molecule has 0 aromatic rings. The van der Waals surface area contributed by atoms with Crippen molar-refractivity contribution in [2.45, 2.75) is 27.2 Å². The van der Waals surface area contributed by atoms with Gasteiger partial charge in [-0.1, -0.05) is 39.0 Å². The topological polar surface area (TPSA) is 0 Å². The lowest BCUT2D eigenvalue weighted by atomic mass is 10.1. The van der Waals surface area contributed by atoms with E-state index in [0.717, 1.165) is 0 Å². The van der Waals surface area contributed by atoms with Gasteiger partial charge in [0.2, 0.25) is 0 Å². The Morgan fingerprint density at radius 1 is 1.38 bits per heavy atom. The Kier molecular flexibility index (Phi) is 4.33. The summed E-state index contributed by atoms with van der Waals surface area (Å²) in [5, 5.41) is 0. The third-order valence-electron chi connectivity index (χ3n) is 1.03. The van der Waals surface area contributed by atoms with E-state index in [2.05, 4.69) is 25.2 Å². The summed E-state index contributed by atoms with van der Waals surface area (Å²) >= 11 is 0. The van der Waals surface area contributed by atoms with E-state index in [1.165, 1.54) is 12.0 Å². The molecule has 0 saturated carbocycles. The normalized spacial score (nSPS) is 13.1. The van der Waals surface area contributed by atoms with E-state index in [-0.39, 0.29) is 0 Å². The van der Waals surface area contributed by atoms with Crippen molar-refractivity contribution in [1.29, 1.82) is 0 Å². The fraction of sp³-hybridized carbons (Fsp3) is 0.500. The monoisotopic (exact) mass is 110 g/mol. The van der Waals surface area contributed by atoms with Crippen molar-refractivity contribution in [3.05, 3.63) is 23.8 Å². The summed E-state index contributed by atoms with van der Waals surface area (Å²) in [6.07, 6.45) is 7.54. The van der Waals surface area contributed by atoms with Crippen LogP contribution in [0.4, 0.5) is 0 Å². The van der Waals surface area contributed by atoms with Gasteiger partial charge in [-0.05, 0) is 12.0 Å². The van der Waals surface area contributed by atoms with Gasteiger partial charge >= 0.3 is 0 Å². The highest BCUT2D eigenvalue weighted by molar-refractivity contribution is 5.34. The van der Waals surface area contributed by atoms with Gasteiger partial charge in [-0.2, -0.15) is 0 Å². The Morgan fingerprint density at radius 3 is 1.88 bits per heavy atom. The molecule has 1 aliphatic carbocycles. The third-order valence-corrected chi connectivity index (χ3v) is 1.03. The minimum absolute atomic E-state index is 1.19. The van der Waals surface area contributed by atoms with Crippen LogP contribution in [0.25, 0.3) is 0 Å². The first-order valence-electron chi connectivity index (χ1n) is 3.30. The molecule has 46 valence electrons. The molecule has 1 aliphatic rings. The number of rotatable bonds is 1. The van der Waals surface area contributed by atoms with Crippen LogP contribution in [0.15, 0.2) is 23.8 Å². The summed E-state index contributed by atoms with van der Waals surface area (Å²) in [4.78, 5) is 0. The van der Waals surface area contributed by atoms with Crippen LogP contribution in [0.3, 0.4) is 0 Å². The molecule has 0 aliphatic heterocycles. The van der Waals surface area contributed by atoms with Crippen LogP contribution in [0, 0.1) is 0 Å². The molecule has 0 nitrogen and oxygen atoms in total. The van der Waals surface area contributed by atoms with Gasteiger partial charge in [-0.25, -0.2) is 0 Å². The standard InChI is InChI=1S/C6H8.C2H6/c1-2-6-4-3-5-6;1-2/h3-5H,2H2,1H3;1-2H3. The summed E-state index contributed by atoms with van der Waals surface area (Å²) in [6, 6.07) is 0. The zero-order chi connectivity index (χ0) is 6.41. The highest BCUT2D eigenvalue weighted by Crippen LogP contribution is 2.09. The molecule has 0 spiro atoms. The van der Waals surface area contributed by atoms with E-state index in [9.17, 15) is 0 Å². The van der Waals surface area contributed by atoms with Crippen LogP contribution < -0.4 is 0 Å². The summed E-state index contributed by atoms with van der Waals surface area (Å²) in [6.45, 7) is 6.16. The lowest BCUT2D eigenvalue weighted by Gasteiger charge is -1.99. The molecule has 0 fully saturated rings. The molecule has 0 N–H and O–H groups in total. The Balaban J connectivity index is 0.000000222. The Hall–Kier alpha value is -0.520. The van der Waals surface area contributed by atoms with Gasteiger partial charge in [0, 0.05) is 0 Å². The van der Waals surface area contributed by atoms with Crippen molar-refractivity contribution in [3.8, 4) is 0 Å². The minimum Gasteiger partial charge on any atom is -0.0683 e. The second-order valence-electron chi connectivity index (χ2n) is 1.45. The average Bonchev–Trinajstić information content (AvgIpc) is 1.69. The van der Waals surface area contributed by atoms with Crippen molar-refractivity contribution in [2.24, 2.45) is 0 Å². The summed E-state index contributed by atoms with van der Waals surface area (Å²) in [5.41, 5.74) is 1.47. The van der Waals surface area contributed by atoms with Gasteiger partial charge in [0.15, 0.2) is 0 Å². The molecular formula is C8H14. The molecule has 0 heterocycles. The lowest BCUT2D eigenvalue weighted by Crippen LogP contribution is -1.78. The second-order valence-corrected chi connectivity index (χ2v) is 1.45. The van der Waals surface area contributed by atoms with Gasteiger partial charge in [-0.3, -0.25) is 0 Å². The third kappa shape index (κ3) is 1.97. The van der Waals surface area contributed by atoms with Gasteiger partial charge in [0.25, 0.3) is 0 Å². The highest BCUT2D eigenvalue weighted by Gasteiger charge is 1.89. The molecule has 0 aromatic carbocycles. The number of allylic oxidation sites excluding steroid dienone is 4. The van der Waals surface area contributed by atoms with Crippen molar-refractivity contribution in [2.75, 3.05) is 0 Å². The van der Waals surface area contributed by atoms with Crippen molar-refractivity contribution in [3.63, 3.8) is 0 Å². The fourth-order valence-electron chi connectivity index (χ4n) is 0.468. The Labute approximate surface area is 51.9 Å². The van der Waals surface area contributed by atoms with Crippen LogP contribution in [0.1, 0.15) is 27.2 Å². The van der Waals surface area contributed by atoms with Gasteiger partial charge in [0.05, 0.1) is 0 Å². The first-order chi connectivity index (χ1) is 3.93. The Morgan fingerprint density at radius 2 is 1.88 bits per heavy atom. The van der Waals surface area contributed by atoms with Gasteiger partial charge in [-0.15, -0.1) is 0 Å². The van der Waals surface area contributed by atoms with E-state index in [4.69, 9.17) is 0 Å². The van der Waals surface area contributed by atoms with Crippen molar-refractivity contribution < 1.29 is 0 Å². The Bertz CT molecular complexity index is 96.6. The molecular weight excluding hydrogens is 96.1 g/mol. The van der Waals surface area contributed by atoms with Gasteiger partial charge < -0.3 is 0 Å². The summed E-state index contributed by atoms with van der Waals surface area (Å²) in [5.74, 6) is 0. The van der Waals surface area contributed by atoms with Crippen LogP contribution >= 0.6 is 0 Å². The molecule has 8 heavy (non-hydrogen) atoms. The predicted octanol–water partition coefficient (Wildman–Crippen LogP) is 2.92. The largest absolute Gasteiger partial charge is 0.0683 e. The second kappa shape index (κ2) is 4.63. The van der Waals surface area contributed by atoms with Crippen LogP contribution in [0.2, 0.25) is 0 Å². The first-order valence-corrected chi connectivity index (χ1v) is 3.30. The predicted molar refractivity (Wildman–Crippen MR) is 38.9 cm³/mol.